The Balaban J connectivity index is 2.62. The molecule has 1 aromatic rings. The van der Waals surface area contributed by atoms with Crippen LogP contribution in [0.25, 0.3) is 0 Å². The van der Waals surface area contributed by atoms with Crippen molar-refractivity contribution in [3.8, 4) is 0 Å². The lowest BCUT2D eigenvalue weighted by molar-refractivity contribution is -0.121. The van der Waals surface area contributed by atoms with Gasteiger partial charge in [-0.3, -0.25) is 4.79 Å². The Morgan fingerprint density at radius 1 is 1.30 bits per heavy atom. The van der Waals surface area contributed by atoms with Crippen molar-refractivity contribution < 1.29 is 22.3 Å². The summed E-state index contributed by atoms with van der Waals surface area (Å²) in [5.74, 6) is -0.709. The summed E-state index contributed by atoms with van der Waals surface area (Å²) in [5.41, 5.74) is 0.529. The van der Waals surface area contributed by atoms with Crippen LogP contribution in [0, 0.1) is 5.82 Å². The molecule has 1 amide bonds. The van der Waals surface area contributed by atoms with Gasteiger partial charge in [-0.15, -0.1) is 0 Å². The van der Waals surface area contributed by atoms with E-state index in [2.05, 4.69) is 10.0 Å². The number of benzene rings is 1. The maximum atomic E-state index is 13.0. The van der Waals surface area contributed by atoms with Gasteiger partial charge in [0.1, 0.15) is 5.82 Å². The summed E-state index contributed by atoms with van der Waals surface area (Å²) < 4.78 is 43.5. The first-order valence-corrected chi connectivity index (χ1v) is 9.28. The Morgan fingerprint density at radius 3 is 2.52 bits per heavy atom. The number of carbonyl (C=O) groups is 1. The molecule has 0 saturated carbocycles. The zero-order valence-electron chi connectivity index (χ0n) is 13.3. The van der Waals surface area contributed by atoms with Crippen LogP contribution in [-0.4, -0.2) is 40.3 Å². The molecule has 1 aromatic carbocycles. The molecule has 8 heteroatoms. The molecule has 0 spiro atoms. The van der Waals surface area contributed by atoms with Crippen molar-refractivity contribution in [2.45, 2.75) is 25.8 Å². The summed E-state index contributed by atoms with van der Waals surface area (Å²) in [7, 11) is -3.50. The van der Waals surface area contributed by atoms with Crippen LogP contribution >= 0.6 is 0 Å². The number of sulfonamides is 1. The Hall–Kier alpha value is -1.51. The lowest BCUT2D eigenvalue weighted by Gasteiger charge is -2.17. The second-order valence-corrected chi connectivity index (χ2v) is 6.88. The smallest absolute Gasteiger partial charge is 0.221 e. The lowest BCUT2D eigenvalue weighted by atomic mass is 10.0. The van der Waals surface area contributed by atoms with Crippen molar-refractivity contribution in [1.29, 1.82) is 0 Å². The number of hydrogen-bond acceptors (Lipinski definition) is 4. The molecule has 0 aromatic heterocycles. The molecule has 6 nitrogen and oxygen atoms in total. The number of amides is 1. The highest BCUT2D eigenvalue weighted by molar-refractivity contribution is 7.88. The fourth-order valence-electron chi connectivity index (χ4n) is 1.99. The van der Waals surface area contributed by atoms with E-state index in [1.54, 1.807) is 0 Å². The van der Waals surface area contributed by atoms with Gasteiger partial charge in [-0.25, -0.2) is 17.5 Å². The Bertz CT molecular complexity index is 590. The molecule has 0 fully saturated rings. The molecule has 130 valence electrons. The van der Waals surface area contributed by atoms with Gasteiger partial charge < -0.3 is 10.1 Å². The molecule has 1 rings (SSSR count). The van der Waals surface area contributed by atoms with Crippen LogP contribution in [0.3, 0.4) is 0 Å². The highest BCUT2D eigenvalue weighted by Crippen LogP contribution is 2.18. The van der Waals surface area contributed by atoms with E-state index in [9.17, 15) is 17.6 Å². The van der Waals surface area contributed by atoms with Crippen molar-refractivity contribution in [3.05, 3.63) is 35.6 Å². The molecule has 2 N–H and O–H groups in total. The standard InChI is InChI=1S/C15H23FN2O4S/c1-3-22-10-4-9-17-15(19)11-14(18-23(2,20)21)12-5-7-13(16)8-6-12/h5-8,14,18H,3-4,9-11H2,1-2H3,(H,17,19)/t14-/m0/s1. The van der Waals surface area contributed by atoms with Gasteiger partial charge in [0.05, 0.1) is 12.3 Å². The van der Waals surface area contributed by atoms with E-state index in [0.717, 1.165) is 6.26 Å². The van der Waals surface area contributed by atoms with Crippen molar-refractivity contribution >= 4 is 15.9 Å². The highest BCUT2D eigenvalue weighted by atomic mass is 32.2. The highest BCUT2D eigenvalue weighted by Gasteiger charge is 2.19. The Labute approximate surface area is 136 Å². The van der Waals surface area contributed by atoms with E-state index in [1.165, 1.54) is 24.3 Å². The molecule has 0 bridgehead atoms. The van der Waals surface area contributed by atoms with Gasteiger partial charge >= 0.3 is 0 Å². The normalized spacial score (nSPS) is 12.8. The lowest BCUT2D eigenvalue weighted by Crippen LogP contribution is -2.33. The van der Waals surface area contributed by atoms with Crippen LogP contribution < -0.4 is 10.0 Å². The number of nitrogens with one attached hydrogen (secondary N) is 2. The first-order valence-electron chi connectivity index (χ1n) is 7.39. The fourth-order valence-corrected chi connectivity index (χ4v) is 2.72. The van der Waals surface area contributed by atoms with Crippen LogP contribution in [0.15, 0.2) is 24.3 Å². The van der Waals surface area contributed by atoms with E-state index in [1.807, 2.05) is 6.92 Å². The third-order valence-electron chi connectivity index (χ3n) is 3.01. The molecule has 1 atom stereocenters. The average molecular weight is 346 g/mol. The monoisotopic (exact) mass is 346 g/mol. The number of carbonyl (C=O) groups excluding carboxylic acids is 1. The maximum absolute atomic E-state index is 13.0. The third kappa shape index (κ3) is 8.63. The molecular formula is C15H23FN2O4S. The van der Waals surface area contributed by atoms with Gasteiger partial charge in [0, 0.05) is 26.2 Å². The third-order valence-corrected chi connectivity index (χ3v) is 3.72. The minimum Gasteiger partial charge on any atom is -0.382 e. The van der Waals surface area contributed by atoms with Crippen LogP contribution in [0.5, 0.6) is 0 Å². The Morgan fingerprint density at radius 2 is 1.96 bits per heavy atom. The maximum Gasteiger partial charge on any atom is 0.221 e. The first kappa shape index (κ1) is 19.5. The molecule has 0 radical (unpaired) electrons. The molecule has 0 heterocycles. The second-order valence-electron chi connectivity index (χ2n) is 5.10. The van der Waals surface area contributed by atoms with E-state index in [-0.39, 0.29) is 12.3 Å². The summed E-state index contributed by atoms with van der Waals surface area (Å²) in [5, 5.41) is 2.71. The SMILES string of the molecule is CCOCCCNC(=O)C[C@H](NS(C)(=O)=O)c1ccc(F)cc1. The van der Waals surface area contributed by atoms with E-state index < -0.39 is 21.9 Å². The fraction of sp³-hybridized carbons (Fsp3) is 0.533. The number of rotatable bonds is 10. The molecule has 0 aliphatic rings. The van der Waals surface area contributed by atoms with E-state index in [4.69, 9.17) is 4.74 Å². The molecule has 23 heavy (non-hydrogen) atoms. The minimum absolute atomic E-state index is 0.0622. The summed E-state index contributed by atoms with van der Waals surface area (Å²) in [6.45, 7) is 3.52. The molecular weight excluding hydrogens is 323 g/mol. The first-order chi connectivity index (χ1) is 10.8. The van der Waals surface area contributed by atoms with Crippen molar-refractivity contribution in [2.75, 3.05) is 26.0 Å². The Kier molecular flexibility index (Phi) is 8.15. The second kappa shape index (κ2) is 9.59. The predicted molar refractivity (Wildman–Crippen MR) is 85.9 cm³/mol. The molecule has 0 saturated heterocycles. The molecule has 0 aliphatic carbocycles. The predicted octanol–water partition coefficient (Wildman–Crippen LogP) is 1.35. The van der Waals surface area contributed by atoms with Gasteiger partial charge in [-0.1, -0.05) is 12.1 Å². The van der Waals surface area contributed by atoms with Gasteiger partial charge in [-0.05, 0) is 31.0 Å². The minimum atomic E-state index is -3.50. The summed E-state index contributed by atoms with van der Waals surface area (Å²) in [6.07, 6.45) is 1.64. The molecule has 0 aliphatic heterocycles. The number of hydrogen-bond donors (Lipinski definition) is 2. The van der Waals surface area contributed by atoms with Gasteiger partial charge in [0.15, 0.2) is 0 Å². The zero-order chi connectivity index (χ0) is 17.3. The van der Waals surface area contributed by atoms with Crippen molar-refractivity contribution in [2.24, 2.45) is 0 Å². The van der Waals surface area contributed by atoms with Crippen LogP contribution in [0.4, 0.5) is 4.39 Å². The van der Waals surface area contributed by atoms with Crippen molar-refractivity contribution in [3.63, 3.8) is 0 Å². The largest absolute Gasteiger partial charge is 0.382 e. The average Bonchev–Trinajstić information content (AvgIpc) is 2.45. The van der Waals surface area contributed by atoms with Gasteiger partial charge in [0.25, 0.3) is 0 Å². The van der Waals surface area contributed by atoms with Crippen LogP contribution in [-0.2, 0) is 19.6 Å². The number of ether oxygens (including phenoxy) is 1. The number of halogens is 1. The quantitative estimate of drug-likeness (QED) is 0.626. The van der Waals surface area contributed by atoms with Crippen LogP contribution in [0.2, 0.25) is 0 Å². The van der Waals surface area contributed by atoms with Gasteiger partial charge in [0.2, 0.25) is 15.9 Å². The van der Waals surface area contributed by atoms with Crippen LogP contribution in [0.1, 0.15) is 31.4 Å². The van der Waals surface area contributed by atoms with E-state index in [0.29, 0.717) is 31.7 Å². The summed E-state index contributed by atoms with van der Waals surface area (Å²) >= 11 is 0. The van der Waals surface area contributed by atoms with Gasteiger partial charge in [-0.2, -0.15) is 0 Å². The zero-order valence-corrected chi connectivity index (χ0v) is 14.2. The van der Waals surface area contributed by atoms with Crippen molar-refractivity contribution in [1.82, 2.24) is 10.0 Å². The molecule has 0 unspecified atom stereocenters. The topological polar surface area (TPSA) is 84.5 Å². The van der Waals surface area contributed by atoms with E-state index >= 15 is 0 Å². The summed E-state index contributed by atoms with van der Waals surface area (Å²) in [6, 6.07) is 4.64. The summed E-state index contributed by atoms with van der Waals surface area (Å²) in [4.78, 5) is 12.0.